The number of halogens is 6. The van der Waals surface area contributed by atoms with Gasteiger partial charge < -0.3 is 5.11 Å². The number of benzene rings is 1. The average Bonchev–Trinajstić information content (AvgIpc) is 2.45. The van der Waals surface area contributed by atoms with E-state index in [1.54, 1.807) is 0 Å². The minimum Gasteiger partial charge on any atom is -0.464 e. The first-order chi connectivity index (χ1) is 11.1. The van der Waals surface area contributed by atoms with Gasteiger partial charge in [0.1, 0.15) is 5.82 Å². The largest absolute Gasteiger partial charge is 0.464 e. The van der Waals surface area contributed by atoms with E-state index in [0.717, 1.165) is 12.1 Å². The summed E-state index contributed by atoms with van der Waals surface area (Å²) in [6.45, 7) is 0. The fourth-order valence-electron chi connectivity index (χ4n) is 1.68. The lowest BCUT2D eigenvalue weighted by molar-refractivity contribution is -0.137. The molecular weight excluding hydrogens is 395 g/mol. The van der Waals surface area contributed by atoms with E-state index in [1.165, 1.54) is 0 Å². The van der Waals surface area contributed by atoms with E-state index in [1.807, 2.05) is 4.72 Å². The second-order valence-corrected chi connectivity index (χ2v) is 5.99. The fourth-order valence-corrected chi connectivity index (χ4v) is 2.74. The molecule has 128 valence electrons. The summed E-state index contributed by atoms with van der Waals surface area (Å²) in [5.74, 6) is -0.867. The predicted molar refractivity (Wildman–Crippen MR) is 81.7 cm³/mol. The maximum atomic E-state index is 14.1. The lowest BCUT2D eigenvalue weighted by Gasteiger charge is -2.11. The van der Waals surface area contributed by atoms with Crippen molar-refractivity contribution < 1.29 is 27.5 Å². The number of carboxylic acid groups (broad SMARTS) is 1. The number of hydrogen-bond acceptors (Lipinski definition) is 3. The Morgan fingerprint density at radius 3 is 2.42 bits per heavy atom. The van der Waals surface area contributed by atoms with Gasteiger partial charge >= 0.3 is 12.3 Å². The van der Waals surface area contributed by atoms with Crippen LogP contribution < -0.4 is 4.72 Å². The first kappa shape index (κ1) is 18.6. The number of amides is 1. The van der Waals surface area contributed by atoms with Crippen LogP contribution in [-0.2, 0) is 6.18 Å². The molecule has 11 heteroatoms. The average molecular weight is 401 g/mol. The Morgan fingerprint density at radius 1 is 1.21 bits per heavy atom. The molecular formula is C13H6Cl2F4N2O2S. The van der Waals surface area contributed by atoms with Crippen molar-refractivity contribution in [2.24, 2.45) is 0 Å². The number of aromatic nitrogens is 1. The van der Waals surface area contributed by atoms with Gasteiger partial charge in [0.15, 0.2) is 0 Å². The third-order valence-corrected chi connectivity index (χ3v) is 4.24. The second kappa shape index (κ2) is 7.04. The van der Waals surface area contributed by atoms with Gasteiger partial charge in [-0.15, -0.1) is 0 Å². The summed E-state index contributed by atoms with van der Waals surface area (Å²) >= 11 is 12.2. The van der Waals surface area contributed by atoms with E-state index in [9.17, 15) is 22.4 Å². The molecule has 1 heterocycles. The van der Waals surface area contributed by atoms with Gasteiger partial charge in [-0.1, -0.05) is 23.2 Å². The van der Waals surface area contributed by atoms with Crippen LogP contribution in [-0.4, -0.2) is 16.2 Å². The standard InChI is InChI=1S/C13H6Cl2F4N2O2S/c14-7-3-9(16)6(2-10(7)24-21-12(22)23)11-8(15)1-5(4-20-11)13(17,18)19/h1-4,21H,(H,22,23). The van der Waals surface area contributed by atoms with Crippen molar-refractivity contribution in [2.75, 3.05) is 0 Å². The molecule has 0 aliphatic carbocycles. The molecule has 0 unspecified atom stereocenters. The quantitative estimate of drug-likeness (QED) is 0.528. The molecule has 0 radical (unpaired) electrons. The van der Waals surface area contributed by atoms with Crippen LogP contribution in [0.25, 0.3) is 11.3 Å². The van der Waals surface area contributed by atoms with Gasteiger partial charge in [-0.3, -0.25) is 9.71 Å². The van der Waals surface area contributed by atoms with Gasteiger partial charge in [-0.2, -0.15) is 13.2 Å². The Morgan fingerprint density at radius 2 is 1.88 bits per heavy atom. The minimum absolute atomic E-state index is 0.0852. The van der Waals surface area contributed by atoms with Crippen LogP contribution in [0.4, 0.5) is 22.4 Å². The van der Waals surface area contributed by atoms with Crippen molar-refractivity contribution in [1.29, 1.82) is 0 Å². The zero-order valence-electron chi connectivity index (χ0n) is 11.3. The number of nitrogens with zero attached hydrogens (tertiary/aromatic N) is 1. The molecule has 4 nitrogen and oxygen atoms in total. The molecule has 1 amide bonds. The van der Waals surface area contributed by atoms with E-state index in [2.05, 4.69) is 4.98 Å². The summed E-state index contributed by atoms with van der Waals surface area (Å²) in [4.78, 5) is 14.2. The van der Waals surface area contributed by atoms with Crippen LogP contribution in [0.5, 0.6) is 0 Å². The van der Waals surface area contributed by atoms with Crippen molar-refractivity contribution in [3.8, 4) is 11.3 Å². The summed E-state index contributed by atoms with van der Waals surface area (Å²) in [5.41, 5.74) is -1.52. The van der Waals surface area contributed by atoms with Crippen molar-refractivity contribution in [2.45, 2.75) is 11.1 Å². The van der Waals surface area contributed by atoms with E-state index in [4.69, 9.17) is 28.3 Å². The SMILES string of the molecule is O=C(O)NSc1cc(-c2ncc(C(F)(F)F)cc2Cl)c(F)cc1Cl. The number of pyridine rings is 1. The van der Waals surface area contributed by atoms with Gasteiger partial charge in [-0.05, 0) is 30.1 Å². The van der Waals surface area contributed by atoms with Crippen molar-refractivity contribution in [3.05, 3.63) is 45.8 Å². The van der Waals surface area contributed by atoms with Crippen LogP contribution in [0.2, 0.25) is 10.0 Å². The van der Waals surface area contributed by atoms with Crippen LogP contribution in [0.3, 0.4) is 0 Å². The Bertz CT molecular complexity index is 802. The second-order valence-electron chi connectivity index (χ2n) is 4.32. The highest BCUT2D eigenvalue weighted by Gasteiger charge is 2.32. The summed E-state index contributed by atoms with van der Waals surface area (Å²) in [5, 5.41) is 8.07. The third kappa shape index (κ3) is 4.22. The number of carbonyl (C=O) groups is 1. The Labute approximate surface area is 146 Å². The van der Waals surface area contributed by atoms with Crippen molar-refractivity contribution in [3.63, 3.8) is 0 Å². The van der Waals surface area contributed by atoms with Crippen molar-refractivity contribution in [1.82, 2.24) is 9.71 Å². The van der Waals surface area contributed by atoms with Crippen molar-refractivity contribution >= 4 is 41.2 Å². The number of alkyl halides is 3. The monoisotopic (exact) mass is 400 g/mol. The highest BCUT2D eigenvalue weighted by molar-refractivity contribution is 7.98. The molecule has 0 aliphatic rings. The molecule has 0 saturated carbocycles. The van der Waals surface area contributed by atoms with Crippen LogP contribution in [0, 0.1) is 5.82 Å². The first-order valence-electron chi connectivity index (χ1n) is 5.97. The number of rotatable bonds is 3. The molecule has 0 fully saturated rings. The molecule has 2 rings (SSSR count). The molecule has 2 N–H and O–H groups in total. The first-order valence-corrected chi connectivity index (χ1v) is 7.54. The normalized spacial score (nSPS) is 11.4. The molecule has 0 saturated heterocycles. The molecule has 1 aromatic carbocycles. The van der Waals surface area contributed by atoms with E-state index in [-0.39, 0.29) is 21.2 Å². The molecule has 2 aromatic rings. The fraction of sp³-hybridized carbons (Fsp3) is 0.0769. The van der Waals surface area contributed by atoms with Crippen LogP contribution in [0.1, 0.15) is 5.56 Å². The Hall–Kier alpha value is -1.71. The van der Waals surface area contributed by atoms with E-state index >= 15 is 0 Å². The maximum absolute atomic E-state index is 14.1. The molecule has 0 spiro atoms. The Balaban J connectivity index is 2.48. The molecule has 0 atom stereocenters. The van der Waals surface area contributed by atoms with Crippen LogP contribution in [0.15, 0.2) is 29.3 Å². The van der Waals surface area contributed by atoms with Gasteiger partial charge in [0, 0.05) is 16.7 Å². The molecule has 0 aliphatic heterocycles. The summed E-state index contributed by atoms with van der Waals surface area (Å²) in [6.07, 6.45) is -5.47. The van der Waals surface area contributed by atoms with E-state index in [0.29, 0.717) is 24.2 Å². The molecule has 1 aromatic heterocycles. The Kier molecular flexibility index (Phi) is 5.46. The lowest BCUT2D eigenvalue weighted by Crippen LogP contribution is -2.11. The van der Waals surface area contributed by atoms with Crippen LogP contribution >= 0.6 is 35.1 Å². The topological polar surface area (TPSA) is 62.2 Å². The highest BCUT2D eigenvalue weighted by atomic mass is 35.5. The zero-order chi connectivity index (χ0) is 18.1. The molecule has 0 bridgehead atoms. The summed E-state index contributed by atoms with van der Waals surface area (Å²) in [7, 11) is 0. The minimum atomic E-state index is -4.64. The third-order valence-electron chi connectivity index (χ3n) is 2.69. The summed E-state index contributed by atoms with van der Waals surface area (Å²) in [6, 6.07) is 2.65. The lowest BCUT2D eigenvalue weighted by atomic mass is 10.1. The van der Waals surface area contributed by atoms with Gasteiger partial charge in [0.25, 0.3) is 0 Å². The van der Waals surface area contributed by atoms with Gasteiger partial charge in [0.2, 0.25) is 0 Å². The van der Waals surface area contributed by atoms with Gasteiger partial charge in [-0.25, -0.2) is 9.18 Å². The summed E-state index contributed by atoms with van der Waals surface area (Å²) < 4.78 is 53.9. The highest BCUT2D eigenvalue weighted by Crippen LogP contribution is 2.37. The van der Waals surface area contributed by atoms with E-state index < -0.39 is 28.7 Å². The molecule has 24 heavy (non-hydrogen) atoms. The predicted octanol–water partition coefficient (Wildman–Crippen LogP) is 5.49. The number of nitrogens with one attached hydrogen (secondary N) is 1. The smallest absolute Gasteiger partial charge is 0.417 e. The maximum Gasteiger partial charge on any atom is 0.417 e. The number of hydrogen-bond donors (Lipinski definition) is 2. The van der Waals surface area contributed by atoms with Gasteiger partial charge in [0.05, 0.1) is 21.3 Å². The zero-order valence-corrected chi connectivity index (χ0v) is 13.6.